The number of hydrogen-bond acceptors (Lipinski definition) is 5. The second-order valence-electron chi connectivity index (χ2n) is 6.58. The summed E-state index contributed by atoms with van der Waals surface area (Å²) in [7, 11) is 4.79. The molecule has 0 aliphatic carbocycles. The Labute approximate surface area is 174 Å². The molecule has 1 amide bonds. The molecule has 6 nitrogen and oxygen atoms in total. The van der Waals surface area contributed by atoms with Gasteiger partial charge in [0, 0.05) is 32.7 Å². The van der Waals surface area contributed by atoms with Crippen LogP contribution in [0.15, 0.2) is 40.9 Å². The van der Waals surface area contributed by atoms with Gasteiger partial charge >= 0.3 is 0 Å². The van der Waals surface area contributed by atoms with E-state index in [4.69, 9.17) is 14.2 Å². The summed E-state index contributed by atoms with van der Waals surface area (Å²) < 4.78 is 17.0. The molecule has 1 aliphatic heterocycles. The Bertz CT molecular complexity index is 835. The van der Waals surface area contributed by atoms with Crippen LogP contribution in [0.5, 0.6) is 17.2 Å². The van der Waals surface area contributed by atoms with Crippen LogP contribution in [-0.2, 0) is 6.54 Å². The molecule has 2 aromatic carbocycles. The van der Waals surface area contributed by atoms with E-state index in [1.165, 1.54) is 5.56 Å². The Kier molecular flexibility index (Phi) is 6.80. The number of methoxy groups -OCH3 is 3. The molecule has 28 heavy (non-hydrogen) atoms. The number of benzene rings is 2. The molecule has 0 bridgehead atoms. The summed E-state index contributed by atoms with van der Waals surface area (Å²) >= 11 is 3.53. The fraction of sp³-hybridized carbons (Fsp3) is 0.381. The van der Waals surface area contributed by atoms with Gasteiger partial charge in [-0.25, -0.2) is 0 Å². The van der Waals surface area contributed by atoms with Gasteiger partial charge in [-0.05, 0) is 45.8 Å². The summed E-state index contributed by atoms with van der Waals surface area (Å²) in [4.78, 5) is 17.2. The van der Waals surface area contributed by atoms with Crippen LogP contribution in [0.25, 0.3) is 0 Å². The van der Waals surface area contributed by atoms with Gasteiger partial charge in [0.1, 0.15) is 5.75 Å². The minimum atomic E-state index is -0.0254. The molecule has 0 spiro atoms. The number of rotatable bonds is 6. The van der Waals surface area contributed by atoms with Crippen LogP contribution in [0.3, 0.4) is 0 Å². The molecule has 3 rings (SSSR count). The number of piperazine rings is 1. The molecule has 0 N–H and O–H groups in total. The van der Waals surface area contributed by atoms with Crippen molar-refractivity contribution in [2.75, 3.05) is 47.5 Å². The zero-order chi connectivity index (χ0) is 20.1. The second kappa shape index (κ2) is 9.30. The first-order valence-corrected chi connectivity index (χ1v) is 9.91. The van der Waals surface area contributed by atoms with Crippen molar-refractivity contribution >= 4 is 21.8 Å². The number of nitrogens with zero attached hydrogens (tertiary/aromatic N) is 2. The fourth-order valence-corrected chi connectivity index (χ4v) is 3.99. The van der Waals surface area contributed by atoms with Crippen molar-refractivity contribution in [3.63, 3.8) is 0 Å². The smallest absolute Gasteiger partial charge is 0.257 e. The first kappa shape index (κ1) is 20.5. The Morgan fingerprint density at radius 3 is 2.29 bits per heavy atom. The summed E-state index contributed by atoms with van der Waals surface area (Å²) in [6.07, 6.45) is 0. The first-order valence-electron chi connectivity index (χ1n) is 9.12. The van der Waals surface area contributed by atoms with E-state index in [0.717, 1.165) is 29.9 Å². The highest BCUT2D eigenvalue weighted by Gasteiger charge is 2.25. The summed E-state index contributed by atoms with van der Waals surface area (Å²) in [6.45, 7) is 3.84. The number of para-hydroxylation sites is 1. The molecule has 0 saturated carbocycles. The lowest BCUT2D eigenvalue weighted by molar-refractivity contribution is 0.0624. The van der Waals surface area contributed by atoms with Gasteiger partial charge < -0.3 is 19.1 Å². The van der Waals surface area contributed by atoms with Crippen LogP contribution in [0, 0.1) is 0 Å². The SMILES string of the molecule is COc1ccc(CN2CCN(C(=O)c3cccc(OC)c3OC)CC2)cc1Br. The Balaban J connectivity index is 1.62. The van der Waals surface area contributed by atoms with Crippen molar-refractivity contribution < 1.29 is 19.0 Å². The topological polar surface area (TPSA) is 51.2 Å². The Hall–Kier alpha value is -2.25. The number of amides is 1. The van der Waals surface area contributed by atoms with Gasteiger partial charge in [-0.15, -0.1) is 0 Å². The third-order valence-electron chi connectivity index (χ3n) is 4.92. The maximum Gasteiger partial charge on any atom is 0.257 e. The highest BCUT2D eigenvalue weighted by molar-refractivity contribution is 9.10. The van der Waals surface area contributed by atoms with Crippen LogP contribution >= 0.6 is 15.9 Å². The maximum atomic E-state index is 13.0. The van der Waals surface area contributed by atoms with Crippen LogP contribution in [0.4, 0.5) is 0 Å². The lowest BCUT2D eigenvalue weighted by Crippen LogP contribution is -2.48. The summed E-state index contributed by atoms with van der Waals surface area (Å²) in [5, 5.41) is 0. The van der Waals surface area contributed by atoms with Gasteiger partial charge in [0.15, 0.2) is 11.5 Å². The Morgan fingerprint density at radius 2 is 1.68 bits per heavy atom. The van der Waals surface area contributed by atoms with Crippen molar-refractivity contribution in [2.45, 2.75) is 6.54 Å². The van der Waals surface area contributed by atoms with Gasteiger partial charge in [0.25, 0.3) is 5.91 Å². The molecule has 1 heterocycles. The van der Waals surface area contributed by atoms with Crippen molar-refractivity contribution in [1.82, 2.24) is 9.80 Å². The van der Waals surface area contributed by atoms with Gasteiger partial charge in [-0.3, -0.25) is 9.69 Å². The van der Waals surface area contributed by atoms with Crippen LogP contribution in [-0.4, -0.2) is 63.2 Å². The van der Waals surface area contributed by atoms with E-state index in [-0.39, 0.29) is 5.91 Å². The van der Waals surface area contributed by atoms with E-state index in [1.54, 1.807) is 33.5 Å². The largest absolute Gasteiger partial charge is 0.496 e. The summed E-state index contributed by atoms with van der Waals surface area (Å²) in [5.41, 5.74) is 1.75. The van der Waals surface area contributed by atoms with Crippen molar-refractivity contribution in [3.05, 3.63) is 52.0 Å². The molecule has 1 aliphatic rings. The highest BCUT2D eigenvalue weighted by atomic mass is 79.9. The molecule has 0 unspecified atom stereocenters. The number of halogens is 1. The second-order valence-corrected chi connectivity index (χ2v) is 7.43. The normalized spacial score (nSPS) is 14.6. The standard InChI is InChI=1S/C21H25BrN2O4/c1-26-18-8-7-15(13-17(18)22)14-23-9-11-24(12-10-23)21(25)16-5-4-6-19(27-2)20(16)28-3/h4-8,13H,9-12,14H2,1-3H3. The van der Waals surface area contributed by atoms with Gasteiger partial charge in [-0.2, -0.15) is 0 Å². The van der Waals surface area contributed by atoms with Crippen LogP contribution in [0.1, 0.15) is 15.9 Å². The molecular formula is C21H25BrN2O4. The summed E-state index contributed by atoms with van der Waals surface area (Å²) in [5.74, 6) is 1.85. The minimum Gasteiger partial charge on any atom is -0.496 e. The third kappa shape index (κ3) is 4.42. The van der Waals surface area contributed by atoms with Gasteiger partial charge in [0.2, 0.25) is 0 Å². The lowest BCUT2D eigenvalue weighted by atomic mass is 10.1. The molecule has 1 saturated heterocycles. The van der Waals surface area contributed by atoms with Gasteiger partial charge in [0.05, 0.1) is 31.4 Å². The average molecular weight is 449 g/mol. The monoisotopic (exact) mass is 448 g/mol. The minimum absolute atomic E-state index is 0.0254. The zero-order valence-electron chi connectivity index (χ0n) is 16.4. The molecule has 0 aromatic heterocycles. The van der Waals surface area contributed by atoms with E-state index in [1.807, 2.05) is 17.0 Å². The van der Waals surface area contributed by atoms with Crippen LogP contribution < -0.4 is 14.2 Å². The quantitative estimate of drug-likeness (QED) is 0.677. The van der Waals surface area contributed by atoms with Crippen molar-refractivity contribution in [1.29, 1.82) is 0 Å². The molecular weight excluding hydrogens is 424 g/mol. The maximum absolute atomic E-state index is 13.0. The molecule has 0 atom stereocenters. The number of ether oxygens (including phenoxy) is 3. The zero-order valence-corrected chi connectivity index (χ0v) is 18.0. The molecule has 7 heteroatoms. The highest BCUT2D eigenvalue weighted by Crippen LogP contribution is 2.32. The van der Waals surface area contributed by atoms with E-state index < -0.39 is 0 Å². The van der Waals surface area contributed by atoms with E-state index in [0.29, 0.717) is 30.2 Å². The predicted octanol–water partition coefficient (Wildman–Crippen LogP) is 3.43. The van der Waals surface area contributed by atoms with E-state index >= 15 is 0 Å². The average Bonchev–Trinajstić information content (AvgIpc) is 2.73. The number of carbonyl (C=O) groups excluding carboxylic acids is 1. The molecule has 150 valence electrons. The predicted molar refractivity (Wildman–Crippen MR) is 111 cm³/mol. The van der Waals surface area contributed by atoms with E-state index in [2.05, 4.69) is 33.0 Å². The fourth-order valence-electron chi connectivity index (χ4n) is 3.40. The number of carbonyl (C=O) groups is 1. The van der Waals surface area contributed by atoms with Crippen molar-refractivity contribution in [2.24, 2.45) is 0 Å². The van der Waals surface area contributed by atoms with Crippen LogP contribution in [0.2, 0.25) is 0 Å². The van der Waals surface area contributed by atoms with Crippen molar-refractivity contribution in [3.8, 4) is 17.2 Å². The first-order chi connectivity index (χ1) is 13.6. The third-order valence-corrected chi connectivity index (χ3v) is 5.53. The molecule has 2 aromatic rings. The summed E-state index contributed by atoms with van der Waals surface area (Å²) in [6, 6.07) is 11.5. The van der Waals surface area contributed by atoms with Gasteiger partial charge in [-0.1, -0.05) is 12.1 Å². The van der Waals surface area contributed by atoms with E-state index in [9.17, 15) is 4.79 Å². The molecule has 0 radical (unpaired) electrons. The lowest BCUT2D eigenvalue weighted by Gasteiger charge is -2.35. The molecule has 1 fully saturated rings. The number of hydrogen-bond donors (Lipinski definition) is 0. The Morgan fingerprint density at radius 1 is 0.964 bits per heavy atom.